The SMILES string of the molecule is Clc1cccc(Cl)c1OCCC1OCCCO1. The Morgan fingerprint density at radius 2 is 1.82 bits per heavy atom. The summed E-state index contributed by atoms with van der Waals surface area (Å²) in [5, 5.41) is 1.03. The normalized spacial score (nSPS) is 17.1. The zero-order valence-electron chi connectivity index (χ0n) is 9.33. The van der Waals surface area contributed by atoms with Crippen molar-refractivity contribution < 1.29 is 14.2 Å². The number of rotatable bonds is 4. The number of para-hydroxylation sites is 1. The van der Waals surface area contributed by atoms with Crippen LogP contribution in [0.3, 0.4) is 0 Å². The minimum atomic E-state index is -0.176. The number of hydrogen-bond acceptors (Lipinski definition) is 3. The summed E-state index contributed by atoms with van der Waals surface area (Å²) < 4.78 is 16.4. The Kier molecular flexibility index (Phi) is 4.92. The van der Waals surface area contributed by atoms with Crippen molar-refractivity contribution in [3.8, 4) is 5.75 Å². The fraction of sp³-hybridized carbons (Fsp3) is 0.500. The van der Waals surface area contributed by atoms with Gasteiger partial charge in [-0.3, -0.25) is 0 Å². The van der Waals surface area contributed by atoms with Gasteiger partial charge in [-0.05, 0) is 18.6 Å². The molecule has 1 heterocycles. The van der Waals surface area contributed by atoms with Crippen LogP contribution in [0.1, 0.15) is 12.8 Å². The Morgan fingerprint density at radius 1 is 1.18 bits per heavy atom. The van der Waals surface area contributed by atoms with E-state index in [0.29, 0.717) is 28.8 Å². The minimum absolute atomic E-state index is 0.176. The molecule has 0 radical (unpaired) electrons. The first kappa shape index (κ1) is 13.0. The smallest absolute Gasteiger partial charge is 0.160 e. The van der Waals surface area contributed by atoms with Crippen molar-refractivity contribution in [1.29, 1.82) is 0 Å². The molecule has 94 valence electrons. The lowest BCUT2D eigenvalue weighted by molar-refractivity contribution is -0.183. The molecule has 0 aromatic heterocycles. The number of ether oxygens (including phenoxy) is 3. The van der Waals surface area contributed by atoms with Crippen LogP contribution in [0.25, 0.3) is 0 Å². The zero-order valence-corrected chi connectivity index (χ0v) is 10.8. The second-order valence-electron chi connectivity index (χ2n) is 3.71. The average molecular weight is 277 g/mol. The van der Waals surface area contributed by atoms with Gasteiger partial charge in [-0.2, -0.15) is 0 Å². The predicted octanol–water partition coefficient (Wildman–Crippen LogP) is 3.53. The van der Waals surface area contributed by atoms with Gasteiger partial charge in [-0.25, -0.2) is 0 Å². The molecule has 1 aliphatic heterocycles. The molecule has 2 rings (SSSR count). The highest BCUT2D eigenvalue weighted by Crippen LogP contribution is 2.32. The number of benzene rings is 1. The van der Waals surface area contributed by atoms with E-state index < -0.39 is 0 Å². The van der Waals surface area contributed by atoms with E-state index in [1.165, 1.54) is 0 Å². The topological polar surface area (TPSA) is 27.7 Å². The molecule has 0 atom stereocenters. The van der Waals surface area contributed by atoms with Crippen molar-refractivity contribution in [2.24, 2.45) is 0 Å². The van der Waals surface area contributed by atoms with Crippen molar-refractivity contribution in [3.05, 3.63) is 28.2 Å². The summed E-state index contributed by atoms with van der Waals surface area (Å²) in [5.41, 5.74) is 0. The van der Waals surface area contributed by atoms with Gasteiger partial charge < -0.3 is 14.2 Å². The summed E-state index contributed by atoms with van der Waals surface area (Å²) >= 11 is 12.0. The molecule has 3 nitrogen and oxygen atoms in total. The molecule has 17 heavy (non-hydrogen) atoms. The van der Waals surface area contributed by atoms with Crippen LogP contribution in [0.2, 0.25) is 10.0 Å². The maximum atomic E-state index is 5.98. The lowest BCUT2D eigenvalue weighted by Crippen LogP contribution is -2.26. The first-order chi connectivity index (χ1) is 8.27. The Balaban J connectivity index is 1.81. The molecule has 1 aromatic carbocycles. The van der Waals surface area contributed by atoms with Crippen LogP contribution < -0.4 is 4.74 Å². The molecule has 1 saturated heterocycles. The summed E-state index contributed by atoms with van der Waals surface area (Å²) in [5.74, 6) is 0.520. The molecule has 0 amide bonds. The quantitative estimate of drug-likeness (QED) is 0.842. The van der Waals surface area contributed by atoms with Gasteiger partial charge in [0.2, 0.25) is 0 Å². The van der Waals surface area contributed by atoms with Crippen molar-refractivity contribution in [1.82, 2.24) is 0 Å². The Morgan fingerprint density at radius 3 is 2.47 bits per heavy atom. The first-order valence-corrected chi connectivity index (χ1v) is 6.33. The Labute approximate surface area is 111 Å². The van der Waals surface area contributed by atoms with Gasteiger partial charge in [0.1, 0.15) is 0 Å². The van der Waals surface area contributed by atoms with E-state index in [0.717, 1.165) is 19.6 Å². The van der Waals surface area contributed by atoms with Gasteiger partial charge in [-0.1, -0.05) is 29.3 Å². The third kappa shape index (κ3) is 3.75. The molecule has 5 heteroatoms. The van der Waals surface area contributed by atoms with Crippen LogP contribution in [0.15, 0.2) is 18.2 Å². The molecule has 1 aromatic rings. The van der Waals surface area contributed by atoms with Crippen LogP contribution in [-0.4, -0.2) is 26.1 Å². The van der Waals surface area contributed by atoms with E-state index in [9.17, 15) is 0 Å². The Hall–Kier alpha value is -0.480. The van der Waals surface area contributed by atoms with Crippen LogP contribution in [0.4, 0.5) is 0 Å². The molecule has 1 fully saturated rings. The molecule has 1 aliphatic rings. The number of halogens is 2. The second-order valence-corrected chi connectivity index (χ2v) is 4.53. The molecule has 0 unspecified atom stereocenters. The third-order valence-electron chi connectivity index (χ3n) is 2.42. The third-order valence-corrected chi connectivity index (χ3v) is 3.01. The van der Waals surface area contributed by atoms with Crippen molar-refractivity contribution in [2.45, 2.75) is 19.1 Å². The van der Waals surface area contributed by atoms with E-state index in [1.807, 2.05) is 0 Å². The predicted molar refractivity (Wildman–Crippen MR) is 66.9 cm³/mol. The molecular formula is C12H14Cl2O3. The fourth-order valence-corrected chi connectivity index (χ4v) is 2.09. The summed E-state index contributed by atoms with van der Waals surface area (Å²) in [4.78, 5) is 0. The van der Waals surface area contributed by atoms with Gasteiger partial charge in [0.05, 0.1) is 29.9 Å². The summed E-state index contributed by atoms with van der Waals surface area (Å²) in [6.07, 6.45) is 1.44. The van der Waals surface area contributed by atoms with E-state index >= 15 is 0 Å². The van der Waals surface area contributed by atoms with Crippen molar-refractivity contribution in [3.63, 3.8) is 0 Å². The highest BCUT2D eigenvalue weighted by Gasteiger charge is 2.14. The van der Waals surface area contributed by atoms with E-state index in [2.05, 4.69) is 0 Å². The summed E-state index contributed by atoms with van der Waals surface area (Å²) in [6, 6.07) is 5.28. The van der Waals surface area contributed by atoms with Gasteiger partial charge in [0.15, 0.2) is 12.0 Å². The standard InChI is InChI=1S/C12H14Cl2O3/c13-9-3-1-4-10(14)12(9)17-8-5-11-15-6-2-7-16-11/h1,3-4,11H,2,5-8H2. The zero-order chi connectivity index (χ0) is 12.1. The molecule has 0 aliphatic carbocycles. The molecular weight excluding hydrogens is 263 g/mol. The molecule has 0 bridgehead atoms. The lowest BCUT2D eigenvalue weighted by Gasteiger charge is -2.23. The van der Waals surface area contributed by atoms with Crippen molar-refractivity contribution in [2.75, 3.05) is 19.8 Å². The number of hydrogen-bond donors (Lipinski definition) is 0. The van der Waals surface area contributed by atoms with E-state index in [1.54, 1.807) is 18.2 Å². The van der Waals surface area contributed by atoms with Gasteiger partial charge in [0, 0.05) is 6.42 Å². The first-order valence-electron chi connectivity index (χ1n) is 5.57. The summed E-state index contributed by atoms with van der Waals surface area (Å²) in [7, 11) is 0. The Bertz CT molecular complexity index is 345. The van der Waals surface area contributed by atoms with Gasteiger partial charge >= 0.3 is 0 Å². The van der Waals surface area contributed by atoms with Crippen molar-refractivity contribution >= 4 is 23.2 Å². The highest BCUT2D eigenvalue weighted by atomic mass is 35.5. The monoisotopic (exact) mass is 276 g/mol. The maximum Gasteiger partial charge on any atom is 0.160 e. The summed E-state index contributed by atoms with van der Waals surface area (Å²) in [6.45, 7) is 1.96. The molecule has 0 saturated carbocycles. The van der Waals surface area contributed by atoms with Crippen LogP contribution in [-0.2, 0) is 9.47 Å². The highest BCUT2D eigenvalue weighted by molar-refractivity contribution is 6.37. The fourth-order valence-electron chi connectivity index (χ4n) is 1.58. The molecule has 0 spiro atoms. The maximum absolute atomic E-state index is 5.98. The van der Waals surface area contributed by atoms with Gasteiger partial charge in [-0.15, -0.1) is 0 Å². The minimum Gasteiger partial charge on any atom is -0.490 e. The van der Waals surface area contributed by atoms with E-state index in [-0.39, 0.29) is 6.29 Å². The average Bonchev–Trinajstić information content (AvgIpc) is 2.34. The van der Waals surface area contributed by atoms with Crippen LogP contribution in [0.5, 0.6) is 5.75 Å². The van der Waals surface area contributed by atoms with Gasteiger partial charge in [0.25, 0.3) is 0 Å². The largest absolute Gasteiger partial charge is 0.490 e. The van der Waals surface area contributed by atoms with E-state index in [4.69, 9.17) is 37.4 Å². The van der Waals surface area contributed by atoms with Crippen LogP contribution >= 0.6 is 23.2 Å². The van der Waals surface area contributed by atoms with Crippen LogP contribution in [0, 0.1) is 0 Å². The molecule has 0 N–H and O–H groups in total. The lowest BCUT2D eigenvalue weighted by atomic mass is 10.3. The second kappa shape index (κ2) is 6.45.